The number of phenolic OH excluding ortho intramolecular Hbond substituents is 2. The molecule has 0 unspecified atom stereocenters. The Kier molecular flexibility index (Phi) is 9.84. The number of aliphatic hydroxyl groups is 1. The van der Waals surface area contributed by atoms with Crippen molar-refractivity contribution in [3.8, 4) is 39.9 Å². The van der Waals surface area contributed by atoms with Crippen LogP contribution in [-0.4, -0.2) is 72.6 Å². The van der Waals surface area contributed by atoms with E-state index in [-0.39, 0.29) is 42.1 Å². The van der Waals surface area contributed by atoms with Gasteiger partial charge in [0.15, 0.2) is 17.6 Å². The van der Waals surface area contributed by atoms with Crippen molar-refractivity contribution in [1.82, 2.24) is 15.6 Å². The molecule has 1 fully saturated rings. The van der Waals surface area contributed by atoms with Crippen LogP contribution in [0.2, 0.25) is 0 Å². The minimum Gasteiger partial charge on any atom is -0.507 e. The average Bonchev–Trinajstić information content (AvgIpc) is 3.73. The van der Waals surface area contributed by atoms with Gasteiger partial charge < -0.3 is 44.6 Å². The number of H-pyrrole nitrogens is 1. The summed E-state index contributed by atoms with van der Waals surface area (Å²) in [5.41, 5.74) is 11.8. The monoisotopic (exact) mass is 783 g/mol. The second-order valence-corrected chi connectivity index (χ2v) is 16.8. The Labute approximate surface area is 339 Å². The van der Waals surface area contributed by atoms with Crippen LogP contribution in [0.4, 0.5) is 0 Å². The molecule has 10 nitrogen and oxygen atoms in total. The number of phenols is 2. The van der Waals surface area contributed by atoms with Crippen LogP contribution in [0.15, 0.2) is 66.4 Å². The molecule has 3 aliphatic carbocycles. The number of methoxy groups -OCH3 is 1. The maximum absolute atomic E-state index is 11.5. The van der Waals surface area contributed by atoms with Crippen molar-refractivity contribution in [2.45, 2.75) is 94.0 Å². The standard InChI is InChI=1S/C48H53N3O7/c1-49-23-29-19-36-39(53)15-12-32-44(36)37(43(29)27-8-13-38-26(18-27)16-17-50-38)21-34-35-22-42(56-25-51-30-6-4-3-5-7-30)46(28-9-14-40(54)41(20-28)55-2)58-47(35)33-11-10-31(24-52)57-48(33)45(32)34/h8-9,12-20,30-31,37,42-43,46,49-54H,3-7,10-11,21-25H2,1-2H3/t31-,37-,42-,43+,46-/m1/s1. The first-order valence-corrected chi connectivity index (χ1v) is 21.1. The van der Waals surface area contributed by atoms with E-state index in [2.05, 4.69) is 52.0 Å². The van der Waals surface area contributed by atoms with Crippen LogP contribution in [0, 0.1) is 0 Å². The van der Waals surface area contributed by atoms with Gasteiger partial charge in [0.25, 0.3) is 0 Å². The molecule has 2 aliphatic heterocycles. The third kappa shape index (κ3) is 6.32. The van der Waals surface area contributed by atoms with Gasteiger partial charge in [0, 0.05) is 58.9 Å². The van der Waals surface area contributed by atoms with Crippen molar-refractivity contribution in [1.29, 1.82) is 0 Å². The fourth-order valence-corrected chi connectivity index (χ4v) is 10.7. The van der Waals surface area contributed by atoms with Crippen LogP contribution in [0.5, 0.6) is 28.7 Å². The van der Waals surface area contributed by atoms with Crippen LogP contribution in [-0.2, 0) is 24.0 Å². The normalized spacial score (nSPS) is 23.5. The lowest BCUT2D eigenvalue weighted by Crippen LogP contribution is -2.40. The summed E-state index contributed by atoms with van der Waals surface area (Å²) in [5.74, 6) is 2.38. The van der Waals surface area contributed by atoms with Crippen LogP contribution in [0.1, 0.15) is 95.4 Å². The number of likely N-dealkylation sites (N-methyl/N-ethyl adjacent to an activating group) is 1. The Bertz CT molecular complexity index is 2400. The largest absolute Gasteiger partial charge is 0.507 e. The smallest absolute Gasteiger partial charge is 0.160 e. The Morgan fingerprint density at radius 1 is 0.862 bits per heavy atom. The van der Waals surface area contributed by atoms with E-state index in [0.29, 0.717) is 50.8 Å². The predicted octanol–water partition coefficient (Wildman–Crippen LogP) is 7.92. The molecule has 58 heavy (non-hydrogen) atoms. The fourth-order valence-electron chi connectivity index (χ4n) is 10.7. The Balaban J connectivity index is 1.14. The summed E-state index contributed by atoms with van der Waals surface area (Å²) in [5, 5.41) is 40.8. The molecule has 5 aliphatic rings. The number of benzene rings is 4. The van der Waals surface area contributed by atoms with Gasteiger partial charge in [0.2, 0.25) is 0 Å². The van der Waals surface area contributed by atoms with Crippen LogP contribution < -0.4 is 24.8 Å². The first-order chi connectivity index (χ1) is 28.4. The summed E-state index contributed by atoms with van der Waals surface area (Å²) < 4.78 is 26.5. The topological polar surface area (TPSA) is 137 Å². The molecule has 0 bridgehead atoms. The quantitative estimate of drug-likeness (QED) is 0.0781. The van der Waals surface area contributed by atoms with E-state index in [4.69, 9.17) is 18.9 Å². The number of aromatic hydroxyl groups is 2. The molecule has 5 atom stereocenters. The zero-order valence-electron chi connectivity index (χ0n) is 33.3. The van der Waals surface area contributed by atoms with E-state index in [1.165, 1.54) is 41.3 Å². The number of aromatic nitrogens is 1. The highest BCUT2D eigenvalue weighted by atomic mass is 16.6. The number of nitrogens with one attached hydrogen (secondary N) is 3. The molecule has 5 aromatic rings. The lowest BCUT2D eigenvalue weighted by molar-refractivity contribution is -0.0486. The molecule has 302 valence electrons. The summed E-state index contributed by atoms with van der Waals surface area (Å²) in [4.78, 5) is 3.36. The van der Waals surface area contributed by atoms with Gasteiger partial charge in [0.05, 0.1) is 20.4 Å². The third-order valence-electron chi connectivity index (χ3n) is 13.5. The van der Waals surface area contributed by atoms with Gasteiger partial charge in [-0.1, -0.05) is 37.5 Å². The number of rotatable bonds is 10. The van der Waals surface area contributed by atoms with Crippen molar-refractivity contribution in [3.05, 3.63) is 105 Å². The number of aliphatic hydroxyl groups excluding tert-OH is 1. The van der Waals surface area contributed by atoms with Gasteiger partial charge in [0.1, 0.15) is 29.5 Å². The number of aromatic amines is 1. The van der Waals surface area contributed by atoms with Crippen LogP contribution in [0.3, 0.4) is 0 Å². The van der Waals surface area contributed by atoms with Crippen molar-refractivity contribution in [2.75, 3.05) is 34.0 Å². The first-order valence-electron chi connectivity index (χ1n) is 21.1. The number of ether oxygens (including phenoxy) is 4. The number of fused-ring (bicyclic) bond motifs is 8. The minimum atomic E-state index is -0.479. The number of hydrogen-bond acceptors (Lipinski definition) is 9. The highest BCUT2D eigenvalue weighted by Gasteiger charge is 2.45. The first kappa shape index (κ1) is 37.3. The summed E-state index contributed by atoms with van der Waals surface area (Å²) in [6, 6.07) is 18.6. The van der Waals surface area contributed by atoms with E-state index < -0.39 is 6.10 Å². The van der Waals surface area contributed by atoms with Gasteiger partial charge in [-0.3, -0.25) is 5.32 Å². The van der Waals surface area contributed by atoms with Crippen LogP contribution in [0.25, 0.3) is 28.1 Å². The van der Waals surface area contributed by atoms with Crippen molar-refractivity contribution in [2.24, 2.45) is 0 Å². The molecule has 0 saturated heterocycles. The van der Waals surface area contributed by atoms with Crippen LogP contribution >= 0.6 is 0 Å². The van der Waals surface area contributed by atoms with E-state index >= 15 is 0 Å². The molecule has 10 rings (SSSR count). The molecule has 1 saturated carbocycles. The van der Waals surface area contributed by atoms with Crippen molar-refractivity contribution < 1.29 is 34.3 Å². The molecule has 6 N–H and O–H groups in total. The molecule has 0 radical (unpaired) electrons. The molecule has 0 amide bonds. The van der Waals surface area contributed by atoms with E-state index in [0.717, 1.165) is 68.8 Å². The lowest BCUT2D eigenvalue weighted by Gasteiger charge is -2.44. The molecular formula is C48H53N3O7. The van der Waals surface area contributed by atoms with Crippen molar-refractivity contribution in [3.63, 3.8) is 0 Å². The number of hydrogen-bond donors (Lipinski definition) is 6. The molecule has 3 heterocycles. The second-order valence-electron chi connectivity index (χ2n) is 16.8. The van der Waals surface area contributed by atoms with Gasteiger partial charge >= 0.3 is 0 Å². The Hall–Kier alpha value is -5.00. The highest BCUT2D eigenvalue weighted by molar-refractivity contribution is 5.90. The van der Waals surface area contributed by atoms with Gasteiger partial charge in [-0.15, -0.1) is 0 Å². The highest BCUT2D eigenvalue weighted by Crippen LogP contribution is 2.60. The Morgan fingerprint density at radius 2 is 1.71 bits per heavy atom. The SMILES string of the molecule is CNCC1=Cc2c(O)ccc3c2[C@H](Cc2c4c(c5c(c2-3)O[C@@H](CO)CC5)O[C@H](c2ccc(O)c(OC)c2)[C@H](OCNC2CCCCC2)C4)[C@H]1c1ccc2[nH]ccc2c1. The zero-order chi connectivity index (χ0) is 39.5. The molecule has 4 aromatic carbocycles. The van der Waals surface area contributed by atoms with E-state index in [1.807, 2.05) is 31.4 Å². The summed E-state index contributed by atoms with van der Waals surface area (Å²) in [7, 11) is 3.54. The van der Waals surface area contributed by atoms with Gasteiger partial charge in [-0.05, 0) is 126 Å². The van der Waals surface area contributed by atoms with E-state index in [1.54, 1.807) is 13.2 Å². The van der Waals surface area contributed by atoms with Gasteiger partial charge in [-0.2, -0.15) is 0 Å². The molecular weight excluding hydrogens is 731 g/mol. The lowest BCUT2D eigenvalue weighted by atomic mass is 9.63. The fraction of sp³-hybridized carbons (Fsp3) is 0.417. The average molecular weight is 784 g/mol. The molecule has 1 aromatic heterocycles. The van der Waals surface area contributed by atoms with Crippen molar-refractivity contribution >= 4 is 17.0 Å². The van der Waals surface area contributed by atoms with E-state index in [9.17, 15) is 15.3 Å². The Morgan fingerprint density at radius 3 is 2.53 bits per heavy atom. The zero-order valence-corrected chi connectivity index (χ0v) is 33.3. The molecule has 10 heteroatoms. The second kappa shape index (κ2) is 15.3. The maximum atomic E-state index is 11.5. The summed E-state index contributed by atoms with van der Waals surface area (Å²) >= 11 is 0. The maximum Gasteiger partial charge on any atom is 0.160 e. The molecule has 0 spiro atoms. The summed E-state index contributed by atoms with van der Waals surface area (Å²) in [6.45, 7) is 1.00. The van der Waals surface area contributed by atoms with Gasteiger partial charge in [-0.25, -0.2) is 0 Å². The predicted molar refractivity (Wildman–Crippen MR) is 224 cm³/mol. The third-order valence-corrected chi connectivity index (χ3v) is 13.5. The minimum absolute atomic E-state index is 0.0140. The summed E-state index contributed by atoms with van der Waals surface area (Å²) in [6.07, 6.45) is 11.7.